The molecule has 6 heteroatoms. The third kappa shape index (κ3) is 4.09. The minimum absolute atomic E-state index is 0.407. The van der Waals surface area contributed by atoms with Gasteiger partial charge in [-0.15, -0.1) is 0 Å². The first-order valence-electron chi connectivity index (χ1n) is 6.31. The first kappa shape index (κ1) is 14.6. The van der Waals surface area contributed by atoms with Gasteiger partial charge in [0.2, 0.25) is 0 Å². The molecule has 20 heavy (non-hydrogen) atoms. The zero-order chi connectivity index (χ0) is 14.6. The number of hydrogen-bond acceptors (Lipinski definition) is 2. The maximum atomic E-state index is 12.5. The van der Waals surface area contributed by atoms with Crippen molar-refractivity contribution >= 4 is 0 Å². The number of hydrogen-bond donors (Lipinski definition) is 1. The van der Waals surface area contributed by atoms with Gasteiger partial charge >= 0.3 is 6.18 Å². The number of halogens is 3. The van der Waals surface area contributed by atoms with Crippen molar-refractivity contribution in [3.8, 4) is 0 Å². The lowest BCUT2D eigenvalue weighted by atomic mass is 10.1. The van der Waals surface area contributed by atoms with Crippen LogP contribution in [0.4, 0.5) is 13.2 Å². The number of rotatable bonds is 5. The van der Waals surface area contributed by atoms with Crippen molar-refractivity contribution in [1.29, 1.82) is 0 Å². The minimum atomic E-state index is -4.29. The second kappa shape index (κ2) is 6.09. The molecular weight excluding hydrogens is 267 g/mol. The van der Waals surface area contributed by atoms with Gasteiger partial charge in [0.15, 0.2) is 0 Å². The van der Waals surface area contributed by atoms with Gasteiger partial charge in [-0.05, 0) is 24.1 Å². The van der Waals surface area contributed by atoms with Gasteiger partial charge in [-0.1, -0.05) is 18.2 Å². The zero-order valence-electron chi connectivity index (χ0n) is 11.1. The predicted molar refractivity (Wildman–Crippen MR) is 70.1 cm³/mol. The summed E-state index contributed by atoms with van der Waals surface area (Å²) in [5.41, 5.74) is 1.10. The fraction of sp³-hybridized carbons (Fsp3) is 0.357. The highest BCUT2D eigenvalue weighted by Gasteiger charge is 2.30. The van der Waals surface area contributed by atoms with Crippen LogP contribution in [0, 0.1) is 6.92 Å². The molecule has 0 radical (unpaired) electrons. The Balaban J connectivity index is 1.82. The second-order valence-electron chi connectivity index (χ2n) is 4.66. The Morgan fingerprint density at radius 2 is 2.10 bits per heavy atom. The van der Waals surface area contributed by atoms with Crippen LogP contribution in [0.1, 0.15) is 16.7 Å². The molecule has 0 saturated carbocycles. The highest BCUT2D eigenvalue weighted by Crippen LogP contribution is 2.29. The van der Waals surface area contributed by atoms with E-state index in [0.29, 0.717) is 25.2 Å². The van der Waals surface area contributed by atoms with Crippen molar-refractivity contribution < 1.29 is 13.2 Å². The molecule has 0 aliphatic rings. The van der Waals surface area contributed by atoms with Crippen molar-refractivity contribution in [2.24, 2.45) is 0 Å². The van der Waals surface area contributed by atoms with Crippen LogP contribution in [0.25, 0.3) is 0 Å². The quantitative estimate of drug-likeness (QED) is 0.855. The normalized spacial score (nSPS) is 11.8. The fourth-order valence-electron chi connectivity index (χ4n) is 1.87. The van der Waals surface area contributed by atoms with Crippen LogP contribution >= 0.6 is 0 Å². The predicted octanol–water partition coefficient (Wildman–Crippen LogP) is 3.00. The van der Waals surface area contributed by atoms with E-state index in [9.17, 15) is 13.2 Å². The van der Waals surface area contributed by atoms with Crippen molar-refractivity contribution in [1.82, 2.24) is 15.1 Å². The molecule has 0 aliphatic heterocycles. The molecule has 0 spiro atoms. The summed E-state index contributed by atoms with van der Waals surface area (Å²) in [5.74, 6) is 0. The molecule has 2 rings (SSSR count). The summed E-state index contributed by atoms with van der Waals surface area (Å²) in [5, 5.41) is 7.24. The van der Waals surface area contributed by atoms with Crippen LogP contribution in [0.3, 0.4) is 0 Å². The van der Waals surface area contributed by atoms with E-state index in [1.54, 1.807) is 16.9 Å². The number of alkyl halides is 3. The van der Waals surface area contributed by atoms with Crippen LogP contribution in [0.2, 0.25) is 0 Å². The topological polar surface area (TPSA) is 29.9 Å². The van der Waals surface area contributed by atoms with E-state index < -0.39 is 11.7 Å². The van der Waals surface area contributed by atoms with Crippen molar-refractivity contribution in [2.75, 3.05) is 6.54 Å². The van der Waals surface area contributed by atoms with Gasteiger partial charge in [-0.2, -0.15) is 18.3 Å². The summed E-state index contributed by atoms with van der Waals surface area (Å²) in [6.07, 6.45) is -0.596. The van der Waals surface area contributed by atoms with Gasteiger partial charge < -0.3 is 5.32 Å². The Kier molecular flexibility index (Phi) is 4.44. The average Bonchev–Trinajstić information content (AvgIpc) is 2.80. The van der Waals surface area contributed by atoms with Gasteiger partial charge in [0, 0.05) is 19.3 Å². The highest BCUT2D eigenvalue weighted by atomic mass is 19.4. The lowest BCUT2D eigenvalue weighted by Gasteiger charge is -2.09. The summed E-state index contributed by atoms with van der Waals surface area (Å²) in [6, 6.07) is 5.36. The summed E-state index contributed by atoms with van der Waals surface area (Å²) in [7, 11) is 0. The van der Waals surface area contributed by atoms with E-state index in [4.69, 9.17) is 0 Å². The molecule has 0 bridgehead atoms. The SMILES string of the molecule is Cc1cnn(CCNCc2cccc(C(F)(F)F)c2)c1. The van der Waals surface area contributed by atoms with E-state index in [1.165, 1.54) is 12.1 Å². The Labute approximate surface area is 115 Å². The van der Waals surface area contributed by atoms with Crippen LogP contribution in [0.15, 0.2) is 36.7 Å². The molecule has 3 nitrogen and oxygen atoms in total. The molecule has 0 atom stereocenters. The van der Waals surface area contributed by atoms with Crippen LogP contribution in [-0.2, 0) is 19.3 Å². The Morgan fingerprint density at radius 1 is 1.30 bits per heavy atom. The highest BCUT2D eigenvalue weighted by molar-refractivity contribution is 5.25. The lowest BCUT2D eigenvalue weighted by Crippen LogP contribution is -2.20. The molecule has 1 heterocycles. The Hall–Kier alpha value is -1.82. The average molecular weight is 283 g/mol. The van der Waals surface area contributed by atoms with Crippen molar-refractivity contribution in [3.05, 3.63) is 53.3 Å². The second-order valence-corrected chi connectivity index (χ2v) is 4.66. The summed E-state index contributed by atoms with van der Waals surface area (Å²) in [4.78, 5) is 0. The maximum Gasteiger partial charge on any atom is 0.416 e. The molecule has 1 aromatic heterocycles. The first-order valence-corrected chi connectivity index (χ1v) is 6.31. The summed E-state index contributed by atoms with van der Waals surface area (Å²) < 4.78 is 39.4. The smallest absolute Gasteiger partial charge is 0.311 e. The minimum Gasteiger partial charge on any atom is -0.311 e. The van der Waals surface area contributed by atoms with E-state index in [0.717, 1.165) is 11.6 Å². The summed E-state index contributed by atoms with van der Waals surface area (Å²) in [6.45, 7) is 3.70. The number of aromatic nitrogens is 2. The number of benzene rings is 1. The first-order chi connectivity index (χ1) is 9.45. The molecule has 0 unspecified atom stereocenters. The standard InChI is InChI=1S/C14H16F3N3/c1-11-8-19-20(10-11)6-5-18-9-12-3-2-4-13(7-12)14(15,16)17/h2-4,7-8,10,18H,5-6,9H2,1H3. The van der Waals surface area contributed by atoms with Crippen LogP contribution < -0.4 is 5.32 Å². The molecule has 0 amide bonds. The summed E-state index contributed by atoms with van der Waals surface area (Å²) >= 11 is 0. The van der Waals surface area contributed by atoms with E-state index in [-0.39, 0.29) is 0 Å². The largest absolute Gasteiger partial charge is 0.416 e. The van der Waals surface area contributed by atoms with Gasteiger partial charge in [0.05, 0.1) is 18.3 Å². The maximum absolute atomic E-state index is 12.5. The fourth-order valence-corrected chi connectivity index (χ4v) is 1.87. The third-order valence-corrected chi connectivity index (χ3v) is 2.86. The van der Waals surface area contributed by atoms with E-state index in [2.05, 4.69) is 10.4 Å². The van der Waals surface area contributed by atoms with E-state index in [1.807, 2.05) is 13.1 Å². The van der Waals surface area contributed by atoms with Gasteiger partial charge in [0.25, 0.3) is 0 Å². The van der Waals surface area contributed by atoms with Gasteiger partial charge in [-0.3, -0.25) is 4.68 Å². The van der Waals surface area contributed by atoms with Crippen LogP contribution in [-0.4, -0.2) is 16.3 Å². The van der Waals surface area contributed by atoms with Gasteiger partial charge in [-0.25, -0.2) is 0 Å². The number of nitrogens with zero attached hydrogens (tertiary/aromatic N) is 2. The Bertz CT molecular complexity index is 561. The van der Waals surface area contributed by atoms with Gasteiger partial charge in [0.1, 0.15) is 0 Å². The molecule has 108 valence electrons. The molecular formula is C14H16F3N3. The van der Waals surface area contributed by atoms with Crippen LogP contribution in [0.5, 0.6) is 0 Å². The molecule has 2 aromatic rings. The molecule has 1 aromatic carbocycles. The molecule has 0 saturated heterocycles. The number of aryl methyl sites for hydroxylation is 1. The van der Waals surface area contributed by atoms with Crippen molar-refractivity contribution in [3.63, 3.8) is 0 Å². The number of nitrogens with one attached hydrogen (secondary N) is 1. The lowest BCUT2D eigenvalue weighted by molar-refractivity contribution is -0.137. The molecule has 1 N–H and O–H groups in total. The van der Waals surface area contributed by atoms with Crippen molar-refractivity contribution in [2.45, 2.75) is 26.2 Å². The zero-order valence-corrected chi connectivity index (χ0v) is 11.1. The monoisotopic (exact) mass is 283 g/mol. The third-order valence-electron chi connectivity index (χ3n) is 2.86. The molecule has 0 fully saturated rings. The Morgan fingerprint density at radius 3 is 2.75 bits per heavy atom. The van der Waals surface area contributed by atoms with E-state index >= 15 is 0 Å². The molecule has 0 aliphatic carbocycles.